The minimum absolute atomic E-state index is 0.685. The van der Waals surface area contributed by atoms with Gasteiger partial charge in [-0.25, -0.2) is 0 Å². The maximum atomic E-state index is 3.34. The summed E-state index contributed by atoms with van der Waals surface area (Å²) in [7, 11) is 0. The van der Waals surface area contributed by atoms with E-state index in [0.717, 1.165) is 5.92 Å². The molecule has 0 aromatic rings. The molecule has 1 saturated heterocycles. The van der Waals surface area contributed by atoms with E-state index in [-0.39, 0.29) is 0 Å². The van der Waals surface area contributed by atoms with Crippen molar-refractivity contribution in [1.29, 1.82) is 0 Å². The van der Waals surface area contributed by atoms with Crippen molar-refractivity contribution in [2.75, 3.05) is 6.54 Å². The molecule has 1 heterocycles. The van der Waals surface area contributed by atoms with Crippen LogP contribution >= 0.6 is 0 Å². The van der Waals surface area contributed by atoms with Crippen LogP contribution < -0.4 is 5.32 Å². The first-order valence-corrected chi connectivity index (χ1v) is 2.78. The first-order valence-electron chi connectivity index (χ1n) is 2.78. The zero-order chi connectivity index (χ0) is 4.69. The molecule has 7 heavy (non-hydrogen) atoms. The molecule has 1 radical (unpaired) electrons. The Morgan fingerprint density at radius 2 is 2.71 bits per heavy atom. The van der Waals surface area contributed by atoms with E-state index in [1.165, 1.54) is 13.0 Å². The second kappa shape index (κ2) is 1.10. The van der Waals surface area contributed by atoms with Crippen molar-refractivity contribution in [2.45, 2.75) is 12.5 Å². The van der Waals surface area contributed by atoms with E-state index in [1.54, 1.807) is 0 Å². The minimum Gasteiger partial charge on any atom is -0.310 e. The van der Waals surface area contributed by atoms with Crippen molar-refractivity contribution in [1.82, 2.24) is 5.32 Å². The molecule has 0 aromatic carbocycles. The lowest BCUT2D eigenvalue weighted by Crippen LogP contribution is -2.20. The normalized spacial score (nSPS) is 45.7. The van der Waals surface area contributed by atoms with Gasteiger partial charge in [0.15, 0.2) is 0 Å². The molecule has 0 saturated carbocycles. The van der Waals surface area contributed by atoms with Gasteiger partial charge in [0.1, 0.15) is 0 Å². The zero-order valence-electron chi connectivity index (χ0n) is 4.15. The molecular weight excluding hydrogens is 86.1 g/mol. The summed E-state index contributed by atoms with van der Waals surface area (Å²) in [6, 6.07) is 0.685. The Bertz CT molecular complexity index is 94.7. The second-order valence-corrected chi connectivity index (χ2v) is 2.28. The van der Waals surface area contributed by atoms with Gasteiger partial charge in [-0.15, -0.1) is 0 Å². The highest BCUT2D eigenvalue weighted by atomic mass is 15.0. The third-order valence-electron chi connectivity index (χ3n) is 1.70. The summed E-state index contributed by atoms with van der Waals surface area (Å²) < 4.78 is 0. The first kappa shape index (κ1) is 3.67. The lowest BCUT2D eigenvalue weighted by atomic mass is 10.2. The second-order valence-electron chi connectivity index (χ2n) is 2.28. The molecule has 37 valence electrons. The fourth-order valence-corrected chi connectivity index (χ4v) is 1.27. The molecule has 2 atom stereocenters. The molecule has 1 N–H and O–H groups in total. The lowest BCUT2D eigenvalue weighted by Gasteiger charge is -2.00. The summed E-state index contributed by atoms with van der Waals surface area (Å²) in [5, 5.41) is 3.34. The Morgan fingerprint density at radius 1 is 1.71 bits per heavy atom. The Hall–Kier alpha value is -0.300. The van der Waals surface area contributed by atoms with Crippen LogP contribution in [0.15, 0.2) is 6.08 Å². The maximum Gasteiger partial charge on any atom is 0.0262 e. The Kier molecular flexibility index (Phi) is 0.577. The zero-order valence-corrected chi connectivity index (χ0v) is 4.15. The summed E-state index contributed by atoms with van der Waals surface area (Å²) in [6.07, 6.45) is 6.72. The molecule has 1 nitrogen and oxygen atoms in total. The smallest absolute Gasteiger partial charge is 0.0262 e. The topological polar surface area (TPSA) is 12.0 Å². The van der Waals surface area contributed by atoms with Crippen LogP contribution in [0.25, 0.3) is 0 Å². The van der Waals surface area contributed by atoms with E-state index in [1.807, 2.05) is 0 Å². The molecule has 1 heteroatoms. The van der Waals surface area contributed by atoms with E-state index >= 15 is 0 Å². The summed E-state index contributed by atoms with van der Waals surface area (Å²) in [5.74, 6) is 0.755. The monoisotopic (exact) mass is 94.1 g/mol. The van der Waals surface area contributed by atoms with Gasteiger partial charge in [-0.3, -0.25) is 0 Å². The van der Waals surface area contributed by atoms with Crippen LogP contribution in [0, 0.1) is 12.0 Å². The van der Waals surface area contributed by atoms with Crippen LogP contribution in [0.4, 0.5) is 0 Å². The van der Waals surface area contributed by atoms with Gasteiger partial charge in [-0.05, 0) is 18.4 Å². The molecule has 0 amide bonds. The molecule has 1 aliphatic carbocycles. The van der Waals surface area contributed by atoms with Crippen molar-refractivity contribution in [3.63, 3.8) is 0 Å². The summed E-state index contributed by atoms with van der Waals surface area (Å²) in [6.45, 7) is 1.17. The van der Waals surface area contributed by atoms with Gasteiger partial charge in [0.2, 0.25) is 0 Å². The van der Waals surface area contributed by atoms with Crippen molar-refractivity contribution in [2.24, 2.45) is 5.92 Å². The largest absolute Gasteiger partial charge is 0.310 e. The molecule has 0 aromatic heterocycles. The summed E-state index contributed by atoms with van der Waals surface area (Å²) >= 11 is 0. The van der Waals surface area contributed by atoms with E-state index in [2.05, 4.69) is 17.5 Å². The van der Waals surface area contributed by atoms with Crippen LogP contribution in [0.1, 0.15) is 6.42 Å². The van der Waals surface area contributed by atoms with Gasteiger partial charge in [0, 0.05) is 12.6 Å². The average molecular weight is 94.1 g/mol. The number of fused-ring (bicyclic) bond motifs is 2. The van der Waals surface area contributed by atoms with E-state index in [9.17, 15) is 0 Å². The fraction of sp³-hybridized carbons (Fsp3) is 0.667. The standard InChI is InChI=1S/C6H8N/c1-2-6-3-5(1)4-7-6/h2,5-7H,3-4H2. The third-order valence-corrected chi connectivity index (χ3v) is 1.70. The molecule has 1 fully saturated rings. The summed E-state index contributed by atoms with van der Waals surface area (Å²) in [4.78, 5) is 0. The number of hydrogen-bond acceptors (Lipinski definition) is 1. The van der Waals surface area contributed by atoms with Gasteiger partial charge >= 0.3 is 0 Å². The Balaban J connectivity index is 2.27. The molecular formula is C6H8N. The SMILES string of the molecule is [C]1=CC2CC1CN2. The van der Waals surface area contributed by atoms with Crippen LogP contribution in [0.5, 0.6) is 0 Å². The molecule has 2 unspecified atom stereocenters. The van der Waals surface area contributed by atoms with Crippen LogP contribution in [0.3, 0.4) is 0 Å². The highest BCUT2D eigenvalue weighted by Crippen LogP contribution is 2.21. The van der Waals surface area contributed by atoms with Gasteiger partial charge in [0.05, 0.1) is 0 Å². The maximum absolute atomic E-state index is 3.34. The van der Waals surface area contributed by atoms with Crippen LogP contribution in [-0.4, -0.2) is 12.6 Å². The quantitative estimate of drug-likeness (QED) is 0.456. The van der Waals surface area contributed by atoms with E-state index < -0.39 is 0 Å². The van der Waals surface area contributed by atoms with Crippen molar-refractivity contribution >= 4 is 0 Å². The molecule has 0 spiro atoms. The molecule has 2 rings (SSSR count). The first-order chi connectivity index (χ1) is 3.45. The van der Waals surface area contributed by atoms with Gasteiger partial charge in [-0.2, -0.15) is 0 Å². The average Bonchev–Trinajstić information content (AvgIpc) is 2.22. The Labute approximate surface area is 43.4 Å². The highest BCUT2D eigenvalue weighted by molar-refractivity contribution is 5.06. The predicted octanol–water partition coefficient (Wildman–Crippen LogP) is 0.337. The van der Waals surface area contributed by atoms with E-state index in [0.29, 0.717) is 6.04 Å². The number of rotatable bonds is 0. The van der Waals surface area contributed by atoms with E-state index in [4.69, 9.17) is 0 Å². The number of hydrogen-bond donors (Lipinski definition) is 1. The molecule has 2 bridgehead atoms. The van der Waals surface area contributed by atoms with Crippen LogP contribution in [0.2, 0.25) is 0 Å². The number of nitrogens with one attached hydrogen (secondary N) is 1. The lowest BCUT2D eigenvalue weighted by molar-refractivity contribution is 0.701. The Morgan fingerprint density at radius 3 is 2.86 bits per heavy atom. The highest BCUT2D eigenvalue weighted by Gasteiger charge is 2.25. The van der Waals surface area contributed by atoms with Crippen molar-refractivity contribution in [3.05, 3.63) is 12.2 Å². The molecule has 2 aliphatic rings. The summed E-state index contributed by atoms with van der Waals surface area (Å²) in [5.41, 5.74) is 0. The van der Waals surface area contributed by atoms with Crippen molar-refractivity contribution in [3.8, 4) is 0 Å². The molecule has 1 aliphatic heterocycles. The van der Waals surface area contributed by atoms with Gasteiger partial charge in [0.25, 0.3) is 0 Å². The minimum atomic E-state index is 0.685. The van der Waals surface area contributed by atoms with Gasteiger partial charge < -0.3 is 5.32 Å². The fourth-order valence-electron chi connectivity index (χ4n) is 1.27. The van der Waals surface area contributed by atoms with Crippen LogP contribution in [-0.2, 0) is 0 Å². The van der Waals surface area contributed by atoms with Crippen molar-refractivity contribution < 1.29 is 0 Å². The van der Waals surface area contributed by atoms with Gasteiger partial charge in [-0.1, -0.05) is 6.08 Å². The predicted molar refractivity (Wildman–Crippen MR) is 27.7 cm³/mol. The third kappa shape index (κ3) is 0.416.